The van der Waals surface area contributed by atoms with Gasteiger partial charge in [-0.05, 0) is 68.3 Å². The lowest BCUT2D eigenvalue weighted by Gasteiger charge is -2.13. The topological polar surface area (TPSA) is 139 Å². The minimum Gasteiger partial charge on any atom is -0.618 e. The molecule has 1 saturated carbocycles. The lowest BCUT2D eigenvalue weighted by molar-refractivity contribution is -0.596. The van der Waals surface area contributed by atoms with Crippen molar-refractivity contribution in [1.82, 2.24) is 15.2 Å². The molecule has 3 aromatic heterocycles. The van der Waals surface area contributed by atoms with Gasteiger partial charge in [0.15, 0.2) is 11.5 Å². The van der Waals surface area contributed by atoms with Crippen LogP contribution in [0, 0.1) is 17.9 Å². The van der Waals surface area contributed by atoms with Crippen LogP contribution in [0.25, 0.3) is 22.3 Å². The van der Waals surface area contributed by atoms with E-state index in [1.807, 2.05) is 0 Å². The summed E-state index contributed by atoms with van der Waals surface area (Å²) in [6, 6.07) is 14.9. The zero-order chi connectivity index (χ0) is 28.7. The molecule has 0 bridgehead atoms. The van der Waals surface area contributed by atoms with E-state index in [0.29, 0.717) is 56.4 Å². The third-order valence-corrected chi connectivity index (χ3v) is 7.18. The molecule has 1 aliphatic carbocycles. The average molecular weight is 575 g/mol. The Bertz CT molecular complexity index is 1790. The molecule has 0 radical (unpaired) electrons. The molecule has 0 saturated heterocycles. The first-order valence-electron chi connectivity index (χ1n) is 12.8. The zero-order valence-corrected chi connectivity index (χ0v) is 22.5. The Morgan fingerprint density at radius 2 is 1.95 bits per heavy atom. The van der Waals surface area contributed by atoms with Crippen LogP contribution in [0.15, 0.2) is 66.9 Å². The molecule has 10 nitrogen and oxygen atoms in total. The van der Waals surface area contributed by atoms with E-state index in [-0.39, 0.29) is 16.4 Å². The number of aromatic nitrogens is 4. The summed E-state index contributed by atoms with van der Waals surface area (Å²) in [5.74, 6) is 0.180. The molecule has 5 aromatic rings. The molecule has 1 fully saturated rings. The predicted molar refractivity (Wildman–Crippen MR) is 152 cm³/mol. The summed E-state index contributed by atoms with van der Waals surface area (Å²) < 4.78 is 20.0. The van der Waals surface area contributed by atoms with E-state index in [2.05, 4.69) is 25.8 Å². The number of H-pyrrole nitrogens is 1. The van der Waals surface area contributed by atoms with Gasteiger partial charge in [0.2, 0.25) is 5.69 Å². The van der Waals surface area contributed by atoms with Crippen molar-refractivity contribution in [3.8, 4) is 22.8 Å². The van der Waals surface area contributed by atoms with Crippen LogP contribution in [-0.4, -0.2) is 38.3 Å². The fraction of sp³-hybridized carbons (Fsp3) is 0.172. The molecule has 12 heteroatoms. The first-order valence-corrected chi connectivity index (χ1v) is 13.2. The van der Waals surface area contributed by atoms with Crippen molar-refractivity contribution in [2.75, 3.05) is 17.2 Å². The van der Waals surface area contributed by atoms with Gasteiger partial charge in [-0.15, -0.1) is 0 Å². The second-order valence-corrected chi connectivity index (χ2v) is 10.3. The van der Waals surface area contributed by atoms with Crippen LogP contribution in [0.1, 0.15) is 28.9 Å². The number of amides is 1. The molecule has 208 valence electrons. The second kappa shape index (κ2) is 10.3. The highest BCUT2D eigenvalue weighted by atomic mass is 35.5. The number of halogens is 2. The standard InChI is InChI=1S/C29H24ClFN6O4/c1-16-2-8-21(37(40)25(16)17-3-5-18(31)6-4-17)28(38)34-19-7-9-22(20(30)14-19)41-23-10-13-32-26-24(23)27(36-35-26)33-15-29(39)11-12-29/h2-10,13-14,39H,11-12,15H2,1H3,(H,34,38)(H2,32,33,35,36). The van der Waals surface area contributed by atoms with Gasteiger partial charge in [0.05, 0.1) is 10.6 Å². The first kappa shape index (κ1) is 26.5. The fourth-order valence-electron chi connectivity index (χ4n) is 4.43. The van der Waals surface area contributed by atoms with Gasteiger partial charge in [-0.25, -0.2) is 9.37 Å². The second-order valence-electron chi connectivity index (χ2n) is 9.94. The van der Waals surface area contributed by atoms with Crippen LogP contribution in [0.3, 0.4) is 0 Å². The fourth-order valence-corrected chi connectivity index (χ4v) is 4.65. The highest BCUT2D eigenvalue weighted by Crippen LogP contribution is 2.39. The Balaban J connectivity index is 1.21. The van der Waals surface area contributed by atoms with Crippen molar-refractivity contribution in [1.29, 1.82) is 0 Å². The number of carbonyl (C=O) groups excluding carboxylic acids is 1. The third-order valence-electron chi connectivity index (χ3n) is 6.88. The van der Waals surface area contributed by atoms with Crippen molar-refractivity contribution in [2.24, 2.45) is 0 Å². The molecule has 0 atom stereocenters. The number of nitrogens with one attached hydrogen (secondary N) is 3. The summed E-state index contributed by atoms with van der Waals surface area (Å²) in [5.41, 5.74) is 1.37. The quantitative estimate of drug-likeness (QED) is 0.145. The first-order chi connectivity index (χ1) is 19.7. The molecule has 3 heterocycles. The maximum Gasteiger partial charge on any atom is 0.321 e. The summed E-state index contributed by atoms with van der Waals surface area (Å²) in [6.07, 6.45) is 3.03. The summed E-state index contributed by atoms with van der Waals surface area (Å²) in [7, 11) is 0. The minimum absolute atomic E-state index is 0.138. The van der Waals surface area contributed by atoms with Crippen molar-refractivity contribution < 1.29 is 23.8 Å². The van der Waals surface area contributed by atoms with Gasteiger partial charge >= 0.3 is 5.91 Å². The predicted octanol–water partition coefficient (Wildman–Crippen LogP) is 5.34. The average Bonchev–Trinajstić information content (AvgIpc) is 3.53. The van der Waals surface area contributed by atoms with Gasteiger partial charge in [-0.1, -0.05) is 11.6 Å². The van der Waals surface area contributed by atoms with E-state index in [9.17, 15) is 19.5 Å². The maximum absolute atomic E-state index is 13.4. The number of anilines is 2. The van der Waals surface area contributed by atoms with E-state index in [1.165, 1.54) is 36.4 Å². The summed E-state index contributed by atoms with van der Waals surface area (Å²) in [4.78, 5) is 17.3. The number of rotatable bonds is 8. The van der Waals surface area contributed by atoms with E-state index in [1.54, 1.807) is 37.4 Å². The Hall–Kier alpha value is -4.74. The lowest BCUT2D eigenvalue weighted by atomic mass is 10.1. The summed E-state index contributed by atoms with van der Waals surface area (Å²) in [6.45, 7) is 2.09. The minimum atomic E-state index is -0.718. The highest BCUT2D eigenvalue weighted by molar-refractivity contribution is 6.32. The number of nitrogens with zero attached hydrogens (tertiary/aromatic N) is 3. The van der Waals surface area contributed by atoms with Crippen molar-refractivity contribution in [2.45, 2.75) is 25.4 Å². The van der Waals surface area contributed by atoms with E-state index in [4.69, 9.17) is 16.3 Å². The molecule has 0 spiro atoms. The van der Waals surface area contributed by atoms with Crippen LogP contribution in [0.2, 0.25) is 5.02 Å². The zero-order valence-electron chi connectivity index (χ0n) is 21.7. The number of aryl methyl sites for hydroxylation is 1. The van der Waals surface area contributed by atoms with E-state index < -0.39 is 17.3 Å². The number of hydrogen-bond donors (Lipinski definition) is 4. The van der Waals surface area contributed by atoms with Gasteiger partial charge in [0.1, 0.15) is 22.7 Å². The molecule has 6 rings (SSSR count). The molecule has 0 aliphatic heterocycles. The molecule has 1 aliphatic rings. The van der Waals surface area contributed by atoms with Gasteiger partial charge in [0.25, 0.3) is 5.69 Å². The number of aromatic amines is 1. The highest BCUT2D eigenvalue weighted by Gasteiger charge is 2.40. The van der Waals surface area contributed by atoms with Gasteiger partial charge in [0, 0.05) is 41.7 Å². The SMILES string of the molecule is Cc1ccc(C(=O)Nc2ccc(Oc3ccnc4[nH]nc(NCC5(O)CC5)c34)c(Cl)c2)[n+]([O-])c1-c1ccc(F)cc1. The smallest absolute Gasteiger partial charge is 0.321 e. The number of fused-ring (bicyclic) bond motifs is 1. The molecule has 2 aromatic carbocycles. The molecule has 1 amide bonds. The lowest BCUT2D eigenvalue weighted by Crippen LogP contribution is -2.39. The van der Waals surface area contributed by atoms with Crippen LogP contribution in [-0.2, 0) is 0 Å². The van der Waals surface area contributed by atoms with E-state index >= 15 is 0 Å². The van der Waals surface area contributed by atoms with Crippen molar-refractivity contribution >= 4 is 40.0 Å². The number of benzene rings is 2. The van der Waals surface area contributed by atoms with Crippen molar-refractivity contribution in [3.05, 3.63) is 94.2 Å². The molecular weight excluding hydrogens is 551 g/mol. The number of ether oxygens (including phenoxy) is 1. The Labute approximate surface area is 238 Å². The van der Waals surface area contributed by atoms with Crippen LogP contribution in [0.4, 0.5) is 15.9 Å². The van der Waals surface area contributed by atoms with Gasteiger partial charge in [-0.2, -0.15) is 9.83 Å². The number of hydrogen-bond acceptors (Lipinski definition) is 7. The third kappa shape index (κ3) is 5.37. The summed E-state index contributed by atoms with van der Waals surface area (Å²) >= 11 is 6.51. The molecule has 41 heavy (non-hydrogen) atoms. The van der Waals surface area contributed by atoms with Crippen LogP contribution in [0.5, 0.6) is 11.5 Å². The Kier molecular flexibility index (Phi) is 6.68. The number of carbonyl (C=O) groups is 1. The normalized spacial score (nSPS) is 13.7. The Morgan fingerprint density at radius 1 is 1.17 bits per heavy atom. The van der Waals surface area contributed by atoms with Crippen molar-refractivity contribution in [3.63, 3.8) is 0 Å². The van der Waals surface area contributed by atoms with Gasteiger partial charge in [-0.3, -0.25) is 9.89 Å². The molecule has 0 unspecified atom stereocenters. The van der Waals surface area contributed by atoms with Crippen LogP contribution < -0.4 is 20.1 Å². The molecular formula is C29H24ClFN6O4. The molecule has 4 N–H and O–H groups in total. The summed E-state index contributed by atoms with van der Waals surface area (Å²) in [5, 5.41) is 37.1. The monoisotopic (exact) mass is 574 g/mol. The Morgan fingerprint density at radius 3 is 2.68 bits per heavy atom. The number of aliphatic hydroxyl groups is 1. The van der Waals surface area contributed by atoms with Gasteiger partial charge < -0.3 is 25.7 Å². The maximum atomic E-state index is 13.4. The van der Waals surface area contributed by atoms with E-state index in [0.717, 1.165) is 12.8 Å². The van der Waals surface area contributed by atoms with Crippen LogP contribution >= 0.6 is 11.6 Å². The largest absolute Gasteiger partial charge is 0.618 e. The number of pyridine rings is 2.